The number of hydrogen-bond acceptors (Lipinski definition) is 6. The molecular formula is C38H29Cl2NO5. The van der Waals surface area contributed by atoms with Crippen LogP contribution in [0.3, 0.4) is 0 Å². The van der Waals surface area contributed by atoms with Crippen LogP contribution < -0.4 is 19.5 Å². The van der Waals surface area contributed by atoms with Crippen molar-refractivity contribution in [2.45, 2.75) is 24.8 Å². The van der Waals surface area contributed by atoms with Crippen molar-refractivity contribution in [1.82, 2.24) is 0 Å². The molecule has 0 aromatic heterocycles. The van der Waals surface area contributed by atoms with Crippen molar-refractivity contribution in [2.75, 3.05) is 19.0 Å². The van der Waals surface area contributed by atoms with E-state index in [4.69, 9.17) is 37.4 Å². The molecule has 0 fully saturated rings. The Bertz CT molecular complexity index is 2020. The molecule has 0 saturated carbocycles. The van der Waals surface area contributed by atoms with Crippen molar-refractivity contribution in [1.29, 1.82) is 0 Å². The van der Waals surface area contributed by atoms with E-state index in [0.29, 0.717) is 22.9 Å². The minimum Gasteiger partial charge on any atom is -0.493 e. The third-order valence-corrected chi connectivity index (χ3v) is 9.11. The van der Waals surface area contributed by atoms with E-state index in [0.717, 1.165) is 50.7 Å². The van der Waals surface area contributed by atoms with E-state index < -0.39 is 12.0 Å². The van der Waals surface area contributed by atoms with Crippen molar-refractivity contribution >= 4 is 57.0 Å². The van der Waals surface area contributed by atoms with E-state index in [2.05, 4.69) is 41.7 Å². The quantitative estimate of drug-likeness (QED) is 0.140. The first-order chi connectivity index (χ1) is 22.4. The van der Waals surface area contributed by atoms with Crippen LogP contribution in [0.2, 0.25) is 10.0 Å². The minimum atomic E-state index is -0.631. The van der Waals surface area contributed by atoms with Gasteiger partial charge in [0.15, 0.2) is 23.9 Å². The predicted molar refractivity (Wildman–Crippen MR) is 181 cm³/mol. The zero-order chi connectivity index (χ0) is 31.8. The maximum absolute atomic E-state index is 14.1. The Labute approximate surface area is 276 Å². The average molecular weight is 651 g/mol. The summed E-state index contributed by atoms with van der Waals surface area (Å²) in [6, 6.07) is 32.4. The number of ether oxygens (including phenoxy) is 3. The number of fused-ring (bicyclic) bond motifs is 4. The molecule has 1 aliphatic heterocycles. The van der Waals surface area contributed by atoms with Gasteiger partial charge in [0.25, 0.3) is 0 Å². The van der Waals surface area contributed by atoms with Gasteiger partial charge in [0.1, 0.15) is 5.75 Å². The lowest BCUT2D eigenvalue weighted by Gasteiger charge is -2.37. The molecule has 8 heteroatoms. The summed E-state index contributed by atoms with van der Waals surface area (Å²) in [5.41, 5.74) is 5.85. The Morgan fingerprint density at radius 3 is 2.41 bits per heavy atom. The van der Waals surface area contributed by atoms with E-state index >= 15 is 0 Å². The number of ketones is 1. The summed E-state index contributed by atoms with van der Waals surface area (Å²) in [6.45, 7) is -0.367. The summed E-state index contributed by atoms with van der Waals surface area (Å²) in [5.74, 6) is 0.468. The number of Topliss-reactive ketones (excluding diaryl/α,β-unsaturated/α-hetero) is 1. The van der Waals surface area contributed by atoms with Gasteiger partial charge in [-0.05, 0) is 76.2 Å². The Balaban J connectivity index is 1.22. The van der Waals surface area contributed by atoms with Gasteiger partial charge in [-0.2, -0.15) is 0 Å². The minimum absolute atomic E-state index is 0.0827. The van der Waals surface area contributed by atoms with Gasteiger partial charge in [-0.25, -0.2) is 4.79 Å². The van der Waals surface area contributed by atoms with E-state index in [1.807, 2.05) is 42.5 Å². The standard InChI is InChI=1S/C38H29Cl2NO5/c1-44-34-19-24(12-15-33(34)46-35(43)21-45-32-16-13-26(39)20-29(32)40)38-37-28(17-25(18-31(37)42)22-7-3-2-4-8-22)36-27-10-6-5-9-23(27)11-14-30(36)41-38/h2-16,19-20,25,38,41H,17-18,21H2,1H3. The number of carbonyl (C=O) groups is 2. The Kier molecular flexibility index (Phi) is 8.16. The number of carbonyl (C=O) groups excluding carboxylic acids is 2. The molecule has 2 unspecified atom stereocenters. The highest BCUT2D eigenvalue weighted by molar-refractivity contribution is 6.35. The molecule has 5 aromatic rings. The summed E-state index contributed by atoms with van der Waals surface area (Å²) < 4.78 is 16.8. The fourth-order valence-electron chi connectivity index (χ4n) is 6.49. The topological polar surface area (TPSA) is 73.9 Å². The first-order valence-corrected chi connectivity index (χ1v) is 15.7. The zero-order valence-electron chi connectivity index (χ0n) is 24.9. The smallest absolute Gasteiger partial charge is 0.349 e. The van der Waals surface area contributed by atoms with Gasteiger partial charge in [0, 0.05) is 28.3 Å². The molecule has 6 nitrogen and oxygen atoms in total. The lowest BCUT2D eigenvalue weighted by Crippen LogP contribution is -2.29. The second-order valence-corrected chi connectivity index (χ2v) is 12.2. The molecular weight excluding hydrogens is 621 g/mol. The van der Waals surface area contributed by atoms with Gasteiger partial charge in [0.05, 0.1) is 18.2 Å². The normalized spacial score (nSPS) is 17.2. The summed E-state index contributed by atoms with van der Waals surface area (Å²) >= 11 is 12.1. The molecule has 230 valence electrons. The molecule has 0 amide bonds. The molecule has 0 bridgehead atoms. The molecule has 0 saturated heterocycles. The number of methoxy groups -OCH3 is 1. The van der Waals surface area contributed by atoms with E-state index in [9.17, 15) is 9.59 Å². The third-order valence-electron chi connectivity index (χ3n) is 8.58. The van der Waals surface area contributed by atoms with E-state index in [1.165, 1.54) is 13.2 Å². The van der Waals surface area contributed by atoms with Gasteiger partial charge < -0.3 is 19.5 Å². The van der Waals surface area contributed by atoms with Gasteiger partial charge in [-0.1, -0.05) is 89.9 Å². The van der Waals surface area contributed by atoms with Crippen molar-refractivity contribution in [3.63, 3.8) is 0 Å². The highest BCUT2D eigenvalue weighted by Gasteiger charge is 2.38. The molecule has 2 atom stereocenters. The monoisotopic (exact) mass is 649 g/mol. The van der Waals surface area contributed by atoms with E-state index in [-0.39, 0.29) is 29.1 Å². The van der Waals surface area contributed by atoms with Gasteiger partial charge >= 0.3 is 5.97 Å². The highest BCUT2D eigenvalue weighted by atomic mass is 35.5. The van der Waals surface area contributed by atoms with Crippen molar-refractivity contribution in [3.05, 3.63) is 135 Å². The molecule has 2 aliphatic rings. The molecule has 5 aromatic carbocycles. The number of benzene rings is 5. The second kappa shape index (κ2) is 12.5. The maximum atomic E-state index is 14.1. The maximum Gasteiger partial charge on any atom is 0.349 e. The lowest BCUT2D eigenvalue weighted by molar-refractivity contribution is -0.136. The van der Waals surface area contributed by atoms with Gasteiger partial charge in [0.2, 0.25) is 0 Å². The Morgan fingerprint density at radius 1 is 0.826 bits per heavy atom. The number of anilines is 1. The molecule has 1 heterocycles. The summed E-state index contributed by atoms with van der Waals surface area (Å²) in [7, 11) is 1.51. The average Bonchev–Trinajstić information content (AvgIpc) is 3.07. The highest BCUT2D eigenvalue weighted by Crippen LogP contribution is 2.51. The van der Waals surface area contributed by atoms with Crippen molar-refractivity contribution in [3.8, 4) is 17.2 Å². The SMILES string of the molecule is COc1cc(C2Nc3ccc4ccccc4c3C3=C2C(=O)CC(c2ccccc2)C3)ccc1OC(=O)COc1ccc(Cl)cc1Cl. The molecule has 0 radical (unpaired) electrons. The number of rotatable bonds is 7. The van der Waals surface area contributed by atoms with Crippen LogP contribution in [-0.4, -0.2) is 25.5 Å². The first kappa shape index (κ1) is 29.9. The van der Waals surface area contributed by atoms with Crippen LogP contribution in [-0.2, 0) is 9.59 Å². The molecule has 1 N–H and O–H groups in total. The predicted octanol–water partition coefficient (Wildman–Crippen LogP) is 9.21. The van der Waals surface area contributed by atoms with Crippen LogP contribution in [0.15, 0.2) is 109 Å². The number of esters is 1. The first-order valence-electron chi connectivity index (χ1n) is 15.0. The van der Waals surface area contributed by atoms with E-state index in [1.54, 1.807) is 18.2 Å². The summed E-state index contributed by atoms with van der Waals surface area (Å²) in [5, 5.41) is 6.65. The largest absolute Gasteiger partial charge is 0.493 e. The Morgan fingerprint density at radius 2 is 1.61 bits per heavy atom. The van der Waals surface area contributed by atoms with Crippen molar-refractivity contribution in [2.24, 2.45) is 0 Å². The number of nitrogens with one attached hydrogen (secondary N) is 1. The van der Waals surface area contributed by atoms with Crippen LogP contribution >= 0.6 is 23.2 Å². The van der Waals surface area contributed by atoms with Crippen LogP contribution in [0.4, 0.5) is 5.69 Å². The van der Waals surface area contributed by atoms with Crippen LogP contribution in [0.25, 0.3) is 16.3 Å². The lowest BCUT2D eigenvalue weighted by atomic mass is 9.71. The number of allylic oxidation sites excluding steroid dienone is 1. The van der Waals surface area contributed by atoms with Crippen molar-refractivity contribution < 1.29 is 23.8 Å². The summed E-state index contributed by atoms with van der Waals surface area (Å²) in [4.78, 5) is 26.8. The second-order valence-electron chi connectivity index (χ2n) is 11.4. The zero-order valence-corrected chi connectivity index (χ0v) is 26.4. The fraction of sp³-hybridized carbons (Fsp3) is 0.158. The molecule has 0 spiro atoms. The molecule has 46 heavy (non-hydrogen) atoms. The third kappa shape index (κ3) is 5.70. The number of halogens is 2. The molecule has 1 aliphatic carbocycles. The molecule has 7 rings (SSSR count). The van der Waals surface area contributed by atoms with Crippen LogP contribution in [0.1, 0.15) is 41.5 Å². The summed E-state index contributed by atoms with van der Waals surface area (Å²) in [6.07, 6.45) is 1.17. The number of hydrogen-bond donors (Lipinski definition) is 1. The Hall–Kier alpha value is -4.78. The van der Waals surface area contributed by atoms with Gasteiger partial charge in [-0.15, -0.1) is 0 Å². The fourth-order valence-corrected chi connectivity index (χ4v) is 6.95. The van der Waals surface area contributed by atoms with Crippen LogP contribution in [0, 0.1) is 0 Å². The van der Waals surface area contributed by atoms with Crippen LogP contribution in [0.5, 0.6) is 17.2 Å². The van der Waals surface area contributed by atoms with Gasteiger partial charge in [-0.3, -0.25) is 4.79 Å².